The van der Waals surface area contributed by atoms with Gasteiger partial charge in [-0.15, -0.1) is 0 Å². The number of rotatable bonds is 4. The molecular formula is C11H14N6. The first-order valence-electron chi connectivity index (χ1n) is 5.25. The molecule has 6 nitrogen and oxygen atoms in total. The van der Waals surface area contributed by atoms with Crippen molar-refractivity contribution in [2.75, 3.05) is 10.7 Å². The van der Waals surface area contributed by atoms with Gasteiger partial charge in [-0.3, -0.25) is 4.98 Å². The van der Waals surface area contributed by atoms with Crippen LogP contribution >= 0.6 is 0 Å². The maximum atomic E-state index is 5.28. The molecule has 0 aliphatic carbocycles. The van der Waals surface area contributed by atoms with Crippen molar-refractivity contribution in [1.82, 2.24) is 15.0 Å². The molecule has 2 heterocycles. The van der Waals surface area contributed by atoms with E-state index < -0.39 is 0 Å². The molecule has 0 fully saturated rings. The van der Waals surface area contributed by atoms with E-state index in [4.69, 9.17) is 5.84 Å². The molecule has 0 radical (unpaired) electrons. The van der Waals surface area contributed by atoms with Crippen molar-refractivity contribution in [1.29, 1.82) is 0 Å². The third-order valence-electron chi connectivity index (χ3n) is 2.31. The Morgan fingerprint density at radius 1 is 1.18 bits per heavy atom. The first-order valence-corrected chi connectivity index (χ1v) is 5.25. The first kappa shape index (κ1) is 11.3. The third-order valence-corrected chi connectivity index (χ3v) is 2.31. The van der Waals surface area contributed by atoms with Crippen molar-refractivity contribution >= 4 is 11.6 Å². The van der Waals surface area contributed by atoms with Crippen molar-refractivity contribution in [3.63, 3.8) is 0 Å². The van der Waals surface area contributed by atoms with Crippen molar-refractivity contribution in [2.24, 2.45) is 5.84 Å². The van der Waals surface area contributed by atoms with Crippen LogP contribution < -0.4 is 16.6 Å². The number of anilines is 2. The zero-order valence-corrected chi connectivity index (χ0v) is 9.46. The number of hydrazine groups is 1. The van der Waals surface area contributed by atoms with Crippen LogP contribution in [0.4, 0.5) is 11.6 Å². The molecule has 2 aromatic heterocycles. The summed E-state index contributed by atoms with van der Waals surface area (Å²) in [6.45, 7) is 2.01. The van der Waals surface area contributed by atoms with Crippen molar-refractivity contribution in [2.45, 2.75) is 13.0 Å². The van der Waals surface area contributed by atoms with E-state index >= 15 is 0 Å². The predicted octanol–water partition coefficient (Wildman–Crippen LogP) is 1.33. The second-order valence-electron chi connectivity index (χ2n) is 3.55. The normalized spacial score (nSPS) is 11.9. The van der Waals surface area contributed by atoms with Gasteiger partial charge in [-0.05, 0) is 19.1 Å². The minimum atomic E-state index is 0.0664. The van der Waals surface area contributed by atoms with E-state index in [1.54, 1.807) is 12.3 Å². The molecule has 0 bridgehead atoms. The molecule has 2 rings (SSSR count). The molecule has 0 saturated carbocycles. The molecule has 0 aliphatic rings. The fourth-order valence-corrected chi connectivity index (χ4v) is 1.44. The number of nitrogen functional groups attached to an aromatic ring is 1. The third kappa shape index (κ3) is 2.88. The van der Waals surface area contributed by atoms with E-state index in [1.807, 2.05) is 25.1 Å². The van der Waals surface area contributed by atoms with Crippen LogP contribution in [0, 0.1) is 0 Å². The summed E-state index contributed by atoms with van der Waals surface area (Å²) in [5, 5.41) is 3.22. The Morgan fingerprint density at radius 3 is 2.71 bits per heavy atom. The standard InChI is InChI=1S/C11H14N6/c1-8(9-4-2-3-5-13-9)16-10-6-11(17-12)15-7-14-10/h2-8H,12H2,1H3,(H2,14,15,16,17). The van der Waals surface area contributed by atoms with Gasteiger partial charge in [0.2, 0.25) is 0 Å². The average molecular weight is 230 g/mol. The summed E-state index contributed by atoms with van der Waals surface area (Å²) >= 11 is 0. The number of nitrogens with two attached hydrogens (primary N) is 1. The van der Waals surface area contributed by atoms with Crippen molar-refractivity contribution in [3.8, 4) is 0 Å². The van der Waals surface area contributed by atoms with E-state index in [9.17, 15) is 0 Å². The summed E-state index contributed by atoms with van der Waals surface area (Å²) in [5.41, 5.74) is 3.43. The number of hydrogen-bond donors (Lipinski definition) is 3. The molecule has 0 saturated heterocycles. The highest BCUT2D eigenvalue weighted by Gasteiger charge is 2.06. The second kappa shape index (κ2) is 5.22. The van der Waals surface area contributed by atoms with Gasteiger partial charge in [-0.1, -0.05) is 6.07 Å². The fraction of sp³-hybridized carbons (Fsp3) is 0.182. The van der Waals surface area contributed by atoms with Crippen LogP contribution in [0.2, 0.25) is 0 Å². The Morgan fingerprint density at radius 2 is 2.00 bits per heavy atom. The van der Waals surface area contributed by atoms with Gasteiger partial charge < -0.3 is 10.7 Å². The van der Waals surface area contributed by atoms with Gasteiger partial charge in [-0.25, -0.2) is 15.8 Å². The lowest BCUT2D eigenvalue weighted by Crippen LogP contribution is -2.12. The van der Waals surface area contributed by atoms with E-state index in [0.29, 0.717) is 11.6 Å². The molecule has 1 atom stereocenters. The molecule has 1 unspecified atom stereocenters. The maximum Gasteiger partial charge on any atom is 0.145 e. The Bertz CT molecular complexity index is 472. The van der Waals surface area contributed by atoms with Crippen LogP contribution in [0.15, 0.2) is 36.8 Å². The van der Waals surface area contributed by atoms with Crippen LogP contribution in [0.3, 0.4) is 0 Å². The summed E-state index contributed by atoms with van der Waals surface area (Å²) in [7, 11) is 0. The number of hydrogen-bond acceptors (Lipinski definition) is 6. The minimum absolute atomic E-state index is 0.0664. The first-order chi connectivity index (χ1) is 8.29. The van der Waals surface area contributed by atoms with Crippen LogP contribution in [0.5, 0.6) is 0 Å². The molecule has 6 heteroatoms. The van der Waals surface area contributed by atoms with Gasteiger partial charge in [0.05, 0.1) is 11.7 Å². The monoisotopic (exact) mass is 230 g/mol. The van der Waals surface area contributed by atoms with E-state index in [1.165, 1.54) is 6.33 Å². The Balaban J connectivity index is 2.10. The Kier molecular flexibility index (Phi) is 3.46. The summed E-state index contributed by atoms with van der Waals surface area (Å²) in [6, 6.07) is 7.60. The van der Waals surface area contributed by atoms with Crippen LogP contribution in [0.25, 0.3) is 0 Å². The highest BCUT2D eigenvalue weighted by Crippen LogP contribution is 2.16. The van der Waals surface area contributed by atoms with E-state index in [-0.39, 0.29) is 6.04 Å². The van der Waals surface area contributed by atoms with Gasteiger partial charge in [0.15, 0.2) is 0 Å². The Labute approximate surface area is 99.3 Å². The topological polar surface area (TPSA) is 88.8 Å². The summed E-state index contributed by atoms with van der Waals surface area (Å²) in [4.78, 5) is 12.3. The Hall–Kier alpha value is -2.21. The van der Waals surface area contributed by atoms with Gasteiger partial charge in [-0.2, -0.15) is 0 Å². The molecule has 88 valence electrons. The summed E-state index contributed by atoms with van der Waals surface area (Å²) in [6.07, 6.45) is 3.21. The van der Waals surface area contributed by atoms with Gasteiger partial charge in [0.25, 0.3) is 0 Å². The number of nitrogens with one attached hydrogen (secondary N) is 2. The molecule has 2 aromatic rings. The highest BCUT2D eigenvalue weighted by molar-refractivity contribution is 5.46. The van der Waals surface area contributed by atoms with Crippen molar-refractivity contribution in [3.05, 3.63) is 42.5 Å². The fourth-order valence-electron chi connectivity index (χ4n) is 1.44. The molecule has 0 spiro atoms. The zero-order chi connectivity index (χ0) is 12.1. The minimum Gasteiger partial charge on any atom is -0.362 e. The van der Waals surface area contributed by atoms with Gasteiger partial charge in [0, 0.05) is 12.3 Å². The molecule has 4 N–H and O–H groups in total. The highest BCUT2D eigenvalue weighted by atomic mass is 15.3. The quantitative estimate of drug-likeness (QED) is 0.542. The van der Waals surface area contributed by atoms with Crippen LogP contribution in [0.1, 0.15) is 18.7 Å². The lowest BCUT2D eigenvalue weighted by molar-refractivity contribution is 0.830. The second-order valence-corrected chi connectivity index (χ2v) is 3.55. The lowest BCUT2D eigenvalue weighted by atomic mass is 10.2. The summed E-state index contributed by atoms with van der Waals surface area (Å²) in [5.74, 6) is 6.55. The van der Waals surface area contributed by atoms with E-state index in [0.717, 1.165) is 5.69 Å². The van der Waals surface area contributed by atoms with Gasteiger partial charge in [0.1, 0.15) is 18.0 Å². The smallest absolute Gasteiger partial charge is 0.145 e. The number of pyridine rings is 1. The predicted molar refractivity (Wildman–Crippen MR) is 66.1 cm³/mol. The molecule has 0 amide bonds. The zero-order valence-electron chi connectivity index (χ0n) is 9.46. The number of nitrogens with zero attached hydrogens (tertiary/aromatic N) is 3. The lowest BCUT2D eigenvalue weighted by Gasteiger charge is -2.13. The van der Waals surface area contributed by atoms with Gasteiger partial charge >= 0.3 is 0 Å². The summed E-state index contributed by atoms with van der Waals surface area (Å²) < 4.78 is 0. The molecular weight excluding hydrogens is 216 g/mol. The SMILES string of the molecule is CC(Nc1cc(NN)ncn1)c1ccccn1. The molecule has 0 aliphatic heterocycles. The molecule has 17 heavy (non-hydrogen) atoms. The average Bonchev–Trinajstić information content (AvgIpc) is 2.40. The van der Waals surface area contributed by atoms with Crippen LogP contribution in [-0.2, 0) is 0 Å². The largest absolute Gasteiger partial charge is 0.362 e. The molecule has 0 aromatic carbocycles. The number of aromatic nitrogens is 3. The van der Waals surface area contributed by atoms with Crippen molar-refractivity contribution < 1.29 is 0 Å². The van der Waals surface area contributed by atoms with Crippen LogP contribution in [-0.4, -0.2) is 15.0 Å². The maximum absolute atomic E-state index is 5.28. The van der Waals surface area contributed by atoms with E-state index in [2.05, 4.69) is 25.7 Å².